The van der Waals surface area contributed by atoms with Crippen molar-refractivity contribution in [2.75, 3.05) is 0 Å². The van der Waals surface area contributed by atoms with Gasteiger partial charge < -0.3 is 9.47 Å². The normalized spacial score (nSPS) is 10.3. The van der Waals surface area contributed by atoms with Gasteiger partial charge in [-0.25, -0.2) is 9.59 Å². The van der Waals surface area contributed by atoms with Crippen LogP contribution in [0.25, 0.3) is 6.08 Å². The van der Waals surface area contributed by atoms with Crippen molar-refractivity contribution in [3.63, 3.8) is 0 Å². The smallest absolute Gasteiger partial charge is 0.240 e. The van der Waals surface area contributed by atoms with E-state index in [1.807, 2.05) is 48.5 Å². The van der Waals surface area contributed by atoms with E-state index in [2.05, 4.69) is 22.1 Å². The molecule has 0 radical (unpaired) electrons. The van der Waals surface area contributed by atoms with Gasteiger partial charge in [0.1, 0.15) is 23.0 Å². The largest absolute Gasteiger partial charge is 0.457 e. The van der Waals surface area contributed by atoms with Crippen LogP contribution in [0.2, 0.25) is 0 Å². The number of aliphatic imine (C=N–C) groups is 2. The molecule has 0 aliphatic heterocycles. The first-order valence-corrected chi connectivity index (χ1v) is 10.8. The highest BCUT2D eigenvalue weighted by atomic mass is 16.5. The predicted octanol–water partition coefficient (Wildman–Crippen LogP) is 7.46. The Morgan fingerprint density at radius 2 is 1.23 bits per heavy atom. The van der Waals surface area contributed by atoms with Crippen molar-refractivity contribution in [3.05, 3.63) is 114 Å². The number of nitrogens with zero attached hydrogens (tertiary/aromatic N) is 2. The van der Waals surface area contributed by atoms with Gasteiger partial charge in [0.15, 0.2) is 0 Å². The molecule has 0 saturated carbocycles. The maximum atomic E-state index is 10.4. The van der Waals surface area contributed by atoms with Crippen molar-refractivity contribution in [1.29, 1.82) is 0 Å². The summed E-state index contributed by atoms with van der Waals surface area (Å²) in [5.74, 6) is 2.55. The zero-order valence-corrected chi connectivity index (χ0v) is 18.6. The van der Waals surface area contributed by atoms with Crippen molar-refractivity contribution in [3.8, 4) is 23.0 Å². The summed E-state index contributed by atoms with van der Waals surface area (Å²) in [5.41, 5.74) is 3.04. The van der Waals surface area contributed by atoms with Crippen molar-refractivity contribution >= 4 is 29.6 Å². The Balaban J connectivity index is 1.57. The summed E-state index contributed by atoms with van der Waals surface area (Å²) in [6.45, 7) is 0. The summed E-state index contributed by atoms with van der Waals surface area (Å²) in [6.07, 6.45) is 7.77. The van der Waals surface area contributed by atoms with Crippen LogP contribution in [0, 0.1) is 0 Å². The topological polar surface area (TPSA) is 77.3 Å². The molecule has 0 N–H and O–H groups in total. The lowest BCUT2D eigenvalue weighted by molar-refractivity contribution is 0.465. The number of hydrogen-bond acceptors (Lipinski definition) is 6. The van der Waals surface area contributed by atoms with Crippen LogP contribution in [-0.2, 0) is 16.0 Å². The molecule has 0 heterocycles. The first-order chi connectivity index (χ1) is 17.2. The molecule has 0 bridgehead atoms. The van der Waals surface area contributed by atoms with Gasteiger partial charge in [0.25, 0.3) is 0 Å². The molecule has 4 rings (SSSR count). The number of benzene rings is 4. The van der Waals surface area contributed by atoms with E-state index in [0.717, 1.165) is 11.1 Å². The van der Waals surface area contributed by atoms with Gasteiger partial charge >= 0.3 is 0 Å². The van der Waals surface area contributed by atoms with Crippen molar-refractivity contribution in [1.82, 2.24) is 0 Å². The highest BCUT2D eigenvalue weighted by molar-refractivity contribution is 5.54. The van der Waals surface area contributed by atoms with Gasteiger partial charge in [-0.2, -0.15) is 9.98 Å². The molecule has 4 aromatic carbocycles. The quantitative estimate of drug-likeness (QED) is 0.192. The molecule has 0 aliphatic rings. The molecule has 0 saturated heterocycles. The third-order valence-corrected chi connectivity index (χ3v) is 4.97. The Kier molecular flexibility index (Phi) is 7.76. The summed E-state index contributed by atoms with van der Waals surface area (Å²) < 4.78 is 12.1. The first kappa shape index (κ1) is 23.1. The number of ether oxygens (including phenoxy) is 2. The van der Waals surface area contributed by atoms with Crippen LogP contribution in [0.4, 0.5) is 11.4 Å². The molecule has 0 atom stereocenters. The second-order valence-electron chi connectivity index (χ2n) is 7.38. The first-order valence-electron chi connectivity index (χ1n) is 10.8. The summed E-state index contributed by atoms with van der Waals surface area (Å²) in [4.78, 5) is 28.0. The maximum Gasteiger partial charge on any atom is 0.240 e. The molecule has 0 unspecified atom stereocenters. The van der Waals surface area contributed by atoms with Gasteiger partial charge in [-0.1, -0.05) is 42.5 Å². The van der Waals surface area contributed by atoms with Crippen LogP contribution in [0.1, 0.15) is 11.1 Å². The Hall–Kier alpha value is -5.02. The number of isocyanates is 2. The van der Waals surface area contributed by atoms with Gasteiger partial charge in [0.05, 0.1) is 11.4 Å². The standard InChI is InChI=1S/C29H20N2O4/c32-20-30-24-9-13-26(14-10-24)34-28-17-18-29(35-27-15-11-25(12-16-27)31-21-33)23(19-28)8-4-7-22-5-2-1-3-6-22/h1-7,9-19H,8H2. The van der Waals surface area contributed by atoms with Crippen LogP contribution in [0.15, 0.2) is 113 Å². The molecule has 4 aromatic rings. The minimum absolute atomic E-state index is 0.506. The molecule has 0 aromatic heterocycles. The van der Waals surface area contributed by atoms with Crippen LogP contribution < -0.4 is 9.47 Å². The minimum Gasteiger partial charge on any atom is -0.457 e. The van der Waals surface area contributed by atoms with E-state index in [9.17, 15) is 9.59 Å². The molecule has 0 fully saturated rings. The van der Waals surface area contributed by atoms with E-state index in [1.165, 1.54) is 12.2 Å². The summed E-state index contributed by atoms with van der Waals surface area (Å²) >= 11 is 0. The number of hydrogen-bond donors (Lipinski definition) is 0. The monoisotopic (exact) mass is 460 g/mol. The molecule has 0 spiro atoms. The Bertz CT molecular complexity index is 1400. The fourth-order valence-electron chi connectivity index (χ4n) is 3.31. The van der Waals surface area contributed by atoms with E-state index in [-0.39, 0.29) is 0 Å². The van der Waals surface area contributed by atoms with Gasteiger partial charge in [0, 0.05) is 5.56 Å². The SMILES string of the molecule is O=C=Nc1ccc(Oc2ccc(Oc3ccc(N=C=O)cc3)c(CC=Cc3ccccc3)c2)cc1. The number of rotatable bonds is 9. The van der Waals surface area contributed by atoms with Gasteiger partial charge in [0.2, 0.25) is 12.2 Å². The lowest BCUT2D eigenvalue weighted by Crippen LogP contribution is -1.93. The molecule has 35 heavy (non-hydrogen) atoms. The van der Waals surface area contributed by atoms with Crippen molar-refractivity contribution in [2.24, 2.45) is 9.98 Å². The zero-order chi connectivity index (χ0) is 24.3. The summed E-state index contributed by atoms with van der Waals surface area (Å²) in [5, 5.41) is 0. The summed E-state index contributed by atoms with van der Waals surface area (Å²) in [7, 11) is 0. The fraction of sp³-hybridized carbons (Fsp3) is 0.0345. The lowest BCUT2D eigenvalue weighted by Gasteiger charge is -2.13. The fourth-order valence-corrected chi connectivity index (χ4v) is 3.31. The van der Waals surface area contributed by atoms with Crippen molar-refractivity contribution in [2.45, 2.75) is 6.42 Å². The lowest BCUT2D eigenvalue weighted by atomic mass is 10.1. The maximum absolute atomic E-state index is 10.4. The van der Waals surface area contributed by atoms with E-state index < -0.39 is 0 Å². The molecule has 6 nitrogen and oxygen atoms in total. The Labute approximate surface area is 202 Å². The number of carbonyl (C=O) groups excluding carboxylic acids is 2. The number of allylic oxidation sites excluding steroid dienone is 1. The third-order valence-electron chi connectivity index (χ3n) is 4.97. The average molecular weight is 460 g/mol. The highest BCUT2D eigenvalue weighted by Gasteiger charge is 2.08. The molecule has 0 amide bonds. The van der Waals surface area contributed by atoms with Gasteiger partial charge in [-0.15, -0.1) is 0 Å². The average Bonchev–Trinajstić information content (AvgIpc) is 2.89. The van der Waals surface area contributed by atoms with Crippen LogP contribution in [0.5, 0.6) is 23.0 Å². The minimum atomic E-state index is 0.506. The second kappa shape index (κ2) is 11.7. The highest BCUT2D eigenvalue weighted by Crippen LogP contribution is 2.32. The second-order valence-corrected chi connectivity index (χ2v) is 7.38. The van der Waals surface area contributed by atoms with Gasteiger partial charge in [-0.3, -0.25) is 0 Å². The van der Waals surface area contributed by atoms with Crippen molar-refractivity contribution < 1.29 is 19.1 Å². The van der Waals surface area contributed by atoms with E-state index in [4.69, 9.17) is 9.47 Å². The zero-order valence-electron chi connectivity index (χ0n) is 18.6. The van der Waals surface area contributed by atoms with E-state index in [1.54, 1.807) is 48.5 Å². The van der Waals surface area contributed by atoms with E-state index >= 15 is 0 Å². The molecular weight excluding hydrogens is 440 g/mol. The predicted molar refractivity (Wildman–Crippen MR) is 134 cm³/mol. The third kappa shape index (κ3) is 6.73. The molecule has 6 heteroatoms. The Morgan fingerprint density at radius 1 is 0.657 bits per heavy atom. The molecular formula is C29H20N2O4. The summed E-state index contributed by atoms with van der Waals surface area (Å²) in [6, 6.07) is 29.3. The van der Waals surface area contributed by atoms with Crippen LogP contribution >= 0.6 is 0 Å². The Morgan fingerprint density at radius 3 is 1.83 bits per heavy atom. The van der Waals surface area contributed by atoms with E-state index in [0.29, 0.717) is 40.8 Å². The van der Waals surface area contributed by atoms with Crippen LogP contribution in [0.3, 0.4) is 0 Å². The van der Waals surface area contributed by atoms with Crippen LogP contribution in [-0.4, -0.2) is 12.2 Å². The van der Waals surface area contributed by atoms with Gasteiger partial charge in [-0.05, 0) is 78.7 Å². The molecule has 0 aliphatic carbocycles. The molecule has 170 valence electrons.